The lowest BCUT2D eigenvalue weighted by Gasteiger charge is -2.33. The number of carbonyl (C=O) groups is 2. The molecule has 2 aliphatic heterocycles. The number of halogens is 1. The van der Waals surface area contributed by atoms with E-state index in [2.05, 4.69) is 0 Å². The lowest BCUT2D eigenvalue weighted by molar-refractivity contribution is -0.141. The molecule has 2 heterocycles. The van der Waals surface area contributed by atoms with Crippen molar-refractivity contribution in [3.05, 3.63) is 59.6 Å². The Hall–Kier alpha value is -2.53. The molecule has 5 nitrogen and oxygen atoms in total. The minimum absolute atomic E-state index is 0.0478. The smallest absolute Gasteiger partial charge is 0.239 e. The summed E-state index contributed by atoms with van der Waals surface area (Å²) in [7, 11) is 0. The quantitative estimate of drug-likeness (QED) is 0.737. The lowest BCUT2D eigenvalue weighted by Crippen LogP contribution is -2.46. The van der Waals surface area contributed by atoms with Crippen LogP contribution in [0.2, 0.25) is 5.02 Å². The van der Waals surface area contributed by atoms with Gasteiger partial charge in [0.1, 0.15) is 17.8 Å². The number of para-hydroxylation sites is 1. The third-order valence-corrected chi connectivity index (χ3v) is 5.69. The summed E-state index contributed by atoms with van der Waals surface area (Å²) in [6.07, 6.45) is 2.17. The molecule has 6 heteroatoms. The fraction of sp³-hybridized carbons (Fsp3) is 0.364. The van der Waals surface area contributed by atoms with Crippen LogP contribution >= 0.6 is 11.6 Å². The number of hydrogen-bond acceptors (Lipinski definition) is 3. The predicted molar refractivity (Wildman–Crippen MR) is 109 cm³/mol. The van der Waals surface area contributed by atoms with Crippen LogP contribution in [-0.2, 0) is 9.59 Å². The van der Waals surface area contributed by atoms with E-state index >= 15 is 0 Å². The molecule has 146 valence electrons. The van der Waals surface area contributed by atoms with Crippen molar-refractivity contribution in [3.8, 4) is 5.75 Å². The zero-order valence-corrected chi connectivity index (χ0v) is 16.3. The van der Waals surface area contributed by atoms with Crippen molar-refractivity contribution in [3.63, 3.8) is 0 Å². The molecule has 2 amide bonds. The molecule has 0 aromatic heterocycles. The number of anilines is 1. The summed E-state index contributed by atoms with van der Waals surface area (Å²) >= 11 is 5.90. The van der Waals surface area contributed by atoms with E-state index in [-0.39, 0.29) is 17.9 Å². The predicted octanol–water partition coefficient (Wildman–Crippen LogP) is 3.76. The second-order valence-electron chi connectivity index (χ2n) is 7.26. The van der Waals surface area contributed by atoms with Crippen LogP contribution in [0.25, 0.3) is 0 Å². The Bertz CT molecular complexity index is 833. The Labute approximate surface area is 169 Å². The third-order valence-electron chi connectivity index (χ3n) is 5.44. The number of rotatable bonds is 4. The summed E-state index contributed by atoms with van der Waals surface area (Å²) in [4.78, 5) is 29.2. The molecule has 2 aliphatic rings. The van der Waals surface area contributed by atoms with Crippen molar-refractivity contribution in [2.45, 2.75) is 25.4 Å². The van der Waals surface area contributed by atoms with Gasteiger partial charge >= 0.3 is 0 Å². The van der Waals surface area contributed by atoms with Crippen LogP contribution in [0, 0.1) is 5.92 Å². The van der Waals surface area contributed by atoms with Gasteiger partial charge in [0.15, 0.2) is 0 Å². The van der Waals surface area contributed by atoms with Gasteiger partial charge in [-0.2, -0.15) is 0 Å². The van der Waals surface area contributed by atoms with Crippen LogP contribution in [0.15, 0.2) is 54.6 Å². The first kappa shape index (κ1) is 18.8. The molecule has 4 rings (SSSR count). The van der Waals surface area contributed by atoms with Crippen molar-refractivity contribution in [2.75, 3.05) is 24.5 Å². The molecule has 0 spiro atoms. The molecule has 0 saturated carbocycles. The molecule has 2 fully saturated rings. The Balaban J connectivity index is 1.31. The van der Waals surface area contributed by atoms with Crippen molar-refractivity contribution in [1.29, 1.82) is 0 Å². The Morgan fingerprint density at radius 1 is 0.929 bits per heavy atom. The van der Waals surface area contributed by atoms with Crippen molar-refractivity contribution < 1.29 is 14.3 Å². The molecule has 0 radical (unpaired) electrons. The maximum atomic E-state index is 12.9. The largest absolute Gasteiger partial charge is 0.490 e. The van der Waals surface area contributed by atoms with Gasteiger partial charge in [-0.25, -0.2) is 0 Å². The summed E-state index contributed by atoms with van der Waals surface area (Å²) in [5.41, 5.74) is 0.859. The van der Waals surface area contributed by atoms with E-state index in [1.54, 1.807) is 17.0 Å². The first-order valence-electron chi connectivity index (χ1n) is 9.69. The van der Waals surface area contributed by atoms with Crippen LogP contribution in [-0.4, -0.2) is 42.5 Å². The molecule has 1 unspecified atom stereocenters. The maximum absolute atomic E-state index is 12.9. The van der Waals surface area contributed by atoms with E-state index in [4.69, 9.17) is 16.3 Å². The highest BCUT2D eigenvalue weighted by atomic mass is 35.5. The molecule has 2 aromatic rings. The molecule has 28 heavy (non-hydrogen) atoms. The summed E-state index contributed by atoms with van der Waals surface area (Å²) in [6, 6.07) is 16.9. The van der Waals surface area contributed by atoms with Crippen LogP contribution in [0.4, 0.5) is 5.69 Å². The molecule has 1 atom stereocenters. The lowest BCUT2D eigenvalue weighted by atomic mass is 10.0. The van der Waals surface area contributed by atoms with Crippen LogP contribution in [0.1, 0.15) is 19.3 Å². The minimum Gasteiger partial charge on any atom is -0.490 e. The topological polar surface area (TPSA) is 49.9 Å². The zero-order valence-electron chi connectivity index (χ0n) is 15.6. The number of carbonyl (C=O) groups excluding carboxylic acids is 2. The number of benzene rings is 2. The normalized spacial score (nSPS) is 20.5. The first-order valence-corrected chi connectivity index (χ1v) is 10.1. The zero-order chi connectivity index (χ0) is 19.5. The minimum atomic E-state index is -0.561. The summed E-state index contributed by atoms with van der Waals surface area (Å²) < 4.78 is 5.99. The Morgan fingerprint density at radius 3 is 2.29 bits per heavy atom. The SMILES string of the molecule is O=C(C1CCN(c2ccccc2)C1=O)N1CCC(Oc2ccc(Cl)cc2)CC1. The first-order chi connectivity index (χ1) is 13.6. The van der Waals surface area contributed by atoms with E-state index in [9.17, 15) is 9.59 Å². The van der Waals surface area contributed by atoms with Crippen LogP contribution in [0.3, 0.4) is 0 Å². The molecular formula is C22H23ClN2O3. The third kappa shape index (κ3) is 3.99. The second kappa shape index (κ2) is 8.23. The molecular weight excluding hydrogens is 376 g/mol. The molecule has 2 saturated heterocycles. The van der Waals surface area contributed by atoms with Crippen LogP contribution < -0.4 is 9.64 Å². The van der Waals surface area contributed by atoms with Gasteiger partial charge < -0.3 is 14.5 Å². The molecule has 0 aliphatic carbocycles. The highest BCUT2D eigenvalue weighted by molar-refractivity contribution is 6.30. The van der Waals surface area contributed by atoms with Gasteiger partial charge in [0.2, 0.25) is 11.8 Å². The fourth-order valence-electron chi connectivity index (χ4n) is 3.89. The standard InChI is InChI=1S/C22H23ClN2O3/c23-16-6-8-18(9-7-16)28-19-10-13-24(14-11-19)21(26)20-12-15-25(22(20)27)17-4-2-1-3-5-17/h1-9,19-20H,10-15H2. The van der Waals surface area contributed by atoms with E-state index < -0.39 is 5.92 Å². The van der Waals surface area contributed by atoms with Crippen molar-refractivity contribution >= 4 is 29.1 Å². The number of piperidine rings is 1. The highest BCUT2D eigenvalue weighted by Gasteiger charge is 2.40. The number of ether oxygens (including phenoxy) is 1. The van der Waals surface area contributed by atoms with Gasteiger partial charge in [0.05, 0.1) is 0 Å². The van der Waals surface area contributed by atoms with E-state index in [1.165, 1.54) is 0 Å². The Kier molecular flexibility index (Phi) is 5.53. The number of likely N-dealkylation sites (tertiary alicyclic amines) is 1. The van der Waals surface area contributed by atoms with E-state index in [1.807, 2.05) is 47.4 Å². The van der Waals surface area contributed by atoms with Crippen molar-refractivity contribution in [1.82, 2.24) is 4.90 Å². The fourth-order valence-corrected chi connectivity index (χ4v) is 4.02. The molecule has 0 N–H and O–H groups in total. The molecule has 0 bridgehead atoms. The van der Waals surface area contributed by atoms with Gasteiger partial charge in [-0.05, 0) is 42.8 Å². The van der Waals surface area contributed by atoms with Crippen molar-refractivity contribution in [2.24, 2.45) is 5.92 Å². The summed E-state index contributed by atoms with van der Waals surface area (Å²) in [5.74, 6) is 0.0942. The monoisotopic (exact) mass is 398 g/mol. The Morgan fingerprint density at radius 2 is 1.61 bits per heavy atom. The highest BCUT2D eigenvalue weighted by Crippen LogP contribution is 2.28. The maximum Gasteiger partial charge on any atom is 0.239 e. The van der Waals surface area contributed by atoms with E-state index in [0.29, 0.717) is 31.1 Å². The van der Waals surface area contributed by atoms with Gasteiger partial charge in [0.25, 0.3) is 0 Å². The number of hydrogen-bond donors (Lipinski definition) is 0. The van der Waals surface area contributed by atoms with Gasteiger partial charge in [0, 0.05) is 43.2 Å². The van der Waals surface area contributed by atoms with Gasteiger partial charge in [-0.3, -0.25) is 9.59 Å². The summed E-state index contributed by atoms with van der Waals surface area (Å²) in [6.45, 7) is 1.83. The second-order valence-corrected chi connectivity index (χ2v) is 7.70. The average Bonchev–Trinajstić information content (AvgIpc) is 3.12. The molecule has 2 aromatic carbocycles. The number of nitrogens with zero attached hydrogens (tertiary/aromatic N) is 2. The van der Waals surface area contributed by atoms with E-state index in [0.717, 1.165) is 24.3 Å². The average molecular weight is 399 g/mol. The van der Waals surface area contributed by atoms with Gasteiger partial charge in [-0.15, -0.1) is 0 Å². The number of amides is 2. The summed E-state index contributed by atoms with van der Waals surface area (Å²) in [5, 5.41) is 0.679. The van der Waals surface area contributed by atoms with Crippen LogP contribution in [0.5, 0.6) is 5.75 Å². The van der Waals surface area contributed by atoms with Gasteiger partial charge in [-0.1, -0.05) is 29.8 Å².